The molecule has 10 nitrogen and oxygen atoms in total. The van der Waals surface area contributed by atoms with Crippen LogP contribution in [0.1, 0.15) is 18.2 Å². The predicted molar refractivity (Wildman–Crippen MR) is 101 cm³/mol. The molecule has 0 aliphatic heterocycles. The lowest BCUT2D eigenvalue weighted by molar-refractivity contribution is -0.149. The highest BCUT2D eigenvalue weighted by atomic mass is 32.2. The van der Waals surface area contributed by atoms with E-state index in [2.05, 4.69) is 10.0 Å². The zero-order valence-corrected chi connectivity index (χ0v) is 16.6. The number of sulfonamides is 1. The highest BCUT2D eigenvalue weighted by Crippen LogP contribution is 2.10. The summed E-state index contributed by atoms with van der Waals surface area (Å²) in [5.74, 6) is -1.34. The van der Waals surface area contributed by atoms with Crippen molar-refractivity contribution >= 4 is 27.9 Å². The van der Waals surface area contributed by atoms with Gasteiger partial charge in [-0.1, -0.05) is 17.7 Å². The standard InChI is InChI=1S/C18H21N3O7S/c1-12-5-7-15(8-6-12)29(25,26)21-13(2)17(23)28-11-16(22)20-18(24)19-10-14-4-3-9-27-14/h3-9,13,21H,10-11H2,1-2H3,(H2,19,20,22,24)/t13-/m0/s1. The highest BCUT2D eigenvalue weighted by molar-refractivity contribution is 7.89. The van der Waals surface area contributed by atoms with Gasteiger partial charge in [0.2, 0.25) is 10.0 Å². The second-order valence-electron chi connectivity index (χ2n) is 6.07. The van der Waals surface area contributed by atoms with Crippen LogP contribution in [-0.2, 0) is 30.9 Å². The fourth-order valence-electron chi connectivity index (χ4n) is 2.12. The number of hydrogen-bond acceptors (Lipinski definition) is 7. The molecule has 0 unspecified atom stereocenters. The molecule has 0 saturated carbocycles. The molecule has 0 aliphatic carbocycles. The quantitative estimate of drug-likeness (QED) is 0.533. The third-order valence-corrected chi connectivity index (χ3v) is 5.18. The number of esters is 1. The van der Waals surface area contributed by atoms with E-state index in [1.54, 1.807) is 24.3 Å². The Morgan fingerprint density at radius 3 is 2.45 bits per heavy atom. The Kier molecular flexibility index (Phi) is 7.51. The molecule has 0 bridgehead atoms. The molecule has 156 valence electrons. The van der Waals surface area contributed by atoms with Gasteiger partial charge >= 0.3 is 12.0 Å². The van der Waals surface area contributed by atoms with Crippen LogP contribution in [0.3, 0.4) is 0 Å². The largest absolute Gasteiger partial charge is 0.467 e. The van der Waals surface area contributed by atoms with Crippen molar-refractivity contribution in [3.8, 4) is 0 Å². The average molecular weight is 423 g/mol. The Hall–Kier alpha value is -3.18. The lowest BCUT2D eigenvalue weighted by atomic mass is 10.2. The monoisotopic (exact) mass is 423 g/mol. The molecule has 0 aliphatic rings. The van der Waals surface area contributed by atoms with Gasteiger partial charge in [0.1, 0.15) is 11.8 Å². The Bertz CT molecular complexity index is 954. The second kappa shape index (κ2) is 9.85. The van der Waals surface area contributed by atoms with E-state index in [4.69, 9.17) is 9.15 Å². The minimum Gasteiger partial charge on any atom is -0.467 e. The molecule has 0 saturated heterocycles. The minimum atomic E-state index is -3.93. The maximum absolute atomic E-state index is 12.3. The number of carbonyl (C=O) groups excluding carboxylic acids is 3. The van der Waals surface area contributed by atoms with E-state index in [-0.39, 0.29) is 11.4 Å². The second-order valence-corrected chi connectivity index (χ2v) is 7.79. The summed E-state index contributed by atoms with van der Waals surface area (Å²) in [6.07, 6.45) is 1.44. The van der Waals surface area contributed by atoms with Gasteiger partial charge in [-0.2, -0.15) is 4.72 Å². The molecule has 0 radical (unpaired) electrons. The summed E-state index contributed by atoms with van der Waals surface area (Å²) < 4.78 is 36.4. The van der Waals surface area contributed by atoms with Crippen molar-refractivity contribution in [1.82, 2.24) is 15.4 Å². The zero-order valence-electron chi connectivity index (χ0n) is 15.8. The number of amides is 3. The van der Waals surface area contributed by atoms with E-state index < -0.39 is 40.6 Å². The Morgan fingerprint density at radius 2 is 1.83 bits per heavy atom. The molecule has 29 heavy (non-hydrogen) atoms. The number of furan rings is 1. The number of aryl methyl sites for hydroxylation is 1. The van der Waals surface area contributed by atoms with Gasteiger partial charge in [0.25, 0.3) is 5.91 Å². The van der Waals surface area contributed by atoms with E-state index in [1.165, 1.54) is 25.3 Å². The summed E-state index contributed by atoms with van der Waals surface area (Å²) in [7, 11) is -3.93. The van der Waals surface area contributed by atoms with Crippen LogP contribution in [0.15, 0.2) is 52.0 Å². The van der Waals surface area contributed by atoms with Crippen LogP contribution < -0.4 is 15.4 Å². The van der Waals surface area contributed by atoms with Gasteiger partial charge in [-0.15, -0.1) is 0 Å². The van der Waals surface area contributed by atoms with Crippen molar-refractivity contribution in [2.75, 3.05) is 6.61 Å². The van der Waals surface area contributed by atoms with Crippen molar-refractivity contribution in [2.45, 2.75) is 31.3 Å². The third-order valence-electron chi connectivity index (χ3n) is 3.62. The SMILES string of the molecule is Cc1ccc(S(=O)(=O)N[C@@H](C)C(=O)OCC(=O)NC(=O)NCc2ccco2)cc1. The molecule has 2 rings (SSSR count). The summed E-state index contributed by atoms with van der Waals surface area (Å²) in [5.41, 5.74) is 0.885. The molecule has 1 aromatic carbocycles. The molecule has 3 amide bonds. The van der Waals surface area contributed by atoms with Gasteiger partial charge in [-0.3, -0.25) is 14.9 Å². The highest BCUT2D eigenvalue weighted by Gasteiger charge is 2.23. The van der Waals surface area contributed by atoms with Crippen molar-refractivity contribution in [2.24, 2.45) is 0 Å². The van der Waals surface area contributed by atoms with E-state index >= 15 is 0 Å². The number of rotatable bonds is 8. The fourth-order valence-corrected chi connectivity index (χ4v) is 3.31. The first-order valence-electron chi connectivity index (χ1n) is 8.53. The Labute approximate surface area is 167 Å². The maximum atomic E-state index is 12.3. The van der Waals surface area contributed by atoms with Crippen LogP contribution in [0.5, 0.6) is 0 Å². The van der Waals surface area contributed by atoms with Gasteiger partial charge in [0.15, 0.2) is 6.61 Å². The molecule has 1 aromatic heterocycles. The molecule has 1 heterocycles. The summed E-state index contributed by atoms with van der Waals surface area (Å²) in [6.45, 7) is 2.42. The molecule has 1 atom stereocenters. The number of hydrogen-bond donors (Lipinski definition) is 3. The average Bonchev–Trinajstić information content (AvgIpc) is 3.18. The molecule has 0 fully saturated rings. The predicted octanol–water partition coefficient (Wildman–Crippen LogP) is 0.824. The Balaban J connectivity index is 1.76. The van der Waals surface area contributed by atoms with Gasteiger partial charge < -0.3 is 14.5 Å². The maximum Gasteiger partial charge on any atom is 0.324 e. The normalized spacial score (nSPS) is 12.1. The van der Waals surface area contributed by atoms with Crippen LogP contribution in [0.4, 0.5) is 4.79 Å². The van der Waals surface area contributed by atoms with Gasteiger partial charge in [-0.05, 0) is 38.1 Å². The molecule has 3 N–H and O–H groups in total. The number of benzene rings is 1. The third kappa shape index (κ3) is 7.05. The summed E-state index contributed by atoms with van der Waals surface area (Å²) in [5, 5.41) is 4.35. The van der Waals surface area contributed by atoms with Gasteiger partial charge in [0.05, 0.1) is 17.7 Å². The van der Waals surface area contributed by atoms with Crippen LogP contribution in [0.2, 0.25) is 0 Å². The first kappa shape index (κ1) is 22.1. The van der Waals surface area contributed by atoms with Crippen molar-refractivity contribution in [3.05, 3.63) is 54.0 Å². The van der Waals surface area contributed by atoms with Crippen LogP contribution in [-0.4, -0.2) is 39.0 Å². The van der Waals surface area contributed by atoms with Gasteiger partial charge in [0, 0.05) is 0 Å². The molecular formula is C18H21N3O7S. The van der Waals surface area contributed by atoms with Crippen molar-refractivity contribution in [1.29, 1.82) is 0 Å². The number of urea groups is 1. The molecule has 0 spiro atoms. The molecular weight excluding hydrogens is 402 g/mol. The lowest BCUT2D eigenvalue weighted by Crippen LogP contribution is -2.43. The van der Waals surface area contributed by atoms with E-state index in [0.29, 0.717) is 5.76 Å². The lowest BCUT2D eigenvalue weighted by Gasteiger charge is -2.14. The minimum absolute atomic E-state index is 0.00581. The summed E-state index contributed by atoms with van der Waals surface area (Å²) in [6, 6.07) is 7.32. The van der Waals surface area contributed by atoms with Crippen molar-refractivity contribution in [3.63, 3.8) is 0 Å². The van der Waals surface area contributed by atoms with E-state index in [1.807, 2.05) is 12.2 Å². The van der Waals surface area contributed by atoms with Gasteiger partial charge in [-0.25, -0.2) is 13.2 Å². The van der Waals surface area contributed by atoms with Crippen LogP contribution in [0.25, 0.3) is 0 Å². The topological polar surface area (TPSA) is 144 Å². The number of imide groups is 1. The summed E-state index contributed by atoms with van der Waals surface area (Å²) >= 11 is 0. The van der Waals surface area contributed by atoms with Crippen LogP contribution in [0, 0.1) is 6.92 Å². The number of ether oxygens (including phenoxy) is 1. The molecule has 2 aromatic rings. The molecule has 11 heteroatoms. The summed E-state index contributed by atoms with van der Waals surface area (Å²) in [4.78, 5) is 35.2. The number of carbonyl (C=O) groups is 3. The van der Waals surface area contributed by atoms with E-state index in [9.17, 15) is 22.8 Å². The van der Waals surface area contributed by atoms with E-state index in [0.717, 1.165) is 5.56 Å². The van der Waals surface area contributed by atoms with Crippen LogP contribution >= 0.6 is 0 Å². The Morgan fingerprint density at radius 1 is 1.14 bits per heavy atom. The smallest absolute Gasteiger partial charge is 0.324 e. The van der Waals surface area contributed by atoms with Crippen molar-refractivity contribution < 1.29 is 32.0 Å². The fraction of sp³-hybridized carbons (Fsp3) is 0.278. The zero-order chi connectivity index (χ0) is 21.4. The first-order valence-corrected chi connectivity index (χ1v) is 10.0. The first-order chi connectivity index (χ1) is 13.7. The number of nitrogens with one attached hydrogen (secondary N) is 3.